The van der Waals surface area contributed by atoms with Crippen molar-refractivity contribution in [3.63, 3.8) is 0 Å². The minimum Gasteiger partial charge on any atom is -0.461 e. The van der Waals surface area contributed by atoms with Crippen LogP contribution < -0.4 is 0 Å². The molecule has 4 atom stereocenters. The number of fused-ring (bicyclic) bond motifs is 1. The Hall–Kier alpha value is -1.88. The van der Waals surface area contributed by atoms with Crippen molar-refractivity contribution in [2.24, 2.45) is 5.92 Å². The van der Waals surface area contributed by atoms with E-state index >= 15 is 0 Å². The van der Waals surface area contributed by atoms with E-state index in [-0.39, 0.29) is 0 Å². The molecule has 5 heteroatoms. The van der Waals surface area contributed by atoms with Crippen LogP contribution in [0.3, 0.4) is 0 Å². The summed E-state index contributed by atoms with van der Waals surface area (Å²) in [5, 5.41) is 10.0. The largest absolute Gasteiger partial charge is 0.461 e. The number of aliphatic hydroxyl groups excluding tert-OH is 1. The average Bonchev–Trinajstić information content (AvgIpc) is 2.61. The zero-order valence-corrected chi connectivity index (χ0v) is 13.2. The lowest BCUT2D eigenvalue weighted by Gasteiger charge is -2.27. The lowest BCUT2D eigenvalue weighted by atomic mass is 9.85. The zero-order chi connectivity index (χ0) is 16.4. The van der Waals surface area contributed by atoms with Crippen LogP contribution in [0.15, 0.2) is 35.5 Å². The van der Waals surface area contributed by atoms with Gasteiger partial charge >= 0.3 is 11.9 Å². The highest BCUT2D eigenvalue weighted by Crippen LogP contribution is 2.36. The second-order valence-corrected chi connectivity index (χ2v) is 6.07. The van der Waals surface area contributed by atoms with Gasteiger partial charge in [-0.15, -0.1) is 0 Å². The molecule has 22 heavy (non-hydrogen) atoms. The standard InChI is InChI=1S/C17H22O5/c1-9-5-13(19)6-10(2)8-15-16(11(3)17(20)22-15)14(7-9)21-12(4)18/h5,8,13-16,19H,3,6-7H2,1-2,4H3/b9-5-,10-8-/t13-,14-,15-,16-/m1/s1. The zero-order valence-electron chi connectivity index (χ0n) is 13.2. The van der Waals surface area contributed by atoms with Gasteiger partial charge in [-0.25, -0.2) is 4.79 Å². The maximum absolute atomic E-state index is 11.9. The molecule has 0 aromatic rings. The van der Waals surface area contributed by atoms with E-state index in [0.717, 1.165) is 11.1 Å². The van der Waals surface area contributed by atoms with Crippen molar-refractivity contribution in [1.29, 1.82) is 0 Å². The van der Waals surface area contributed by atoms with Crippen LogP contribution in [0.1, 0.15) is 33.6 Å². The lowest BCUT2D eigenvalue weighted by Crippen LogP contribution is -2.33. The van der Waals surface area contributed by atoms with Crippen LogP contribution in [-0.4, -0.2) is 35.4 Å². The van der Waals surface area contributed by atoms with Gasteiger partial charge < -0.3 is 14.6 Å². The molecule has 0 bridgehead atoms. The molecule has 1 N–H and O–H groups in total. The Bertz CT molecular complexity index is 557. The number of rotatable bonds is 1. The van der Waals surface area contributed by atoms with Crippen LogP contribution in [-0.2, 0) is 19.1 Å². The number of hydrogen-bond donors (Lipinski definition) is 1. The summed E-state index contributed by atoms with van der Waals surface area (Å²) >= 11 is 0. The van der Waals surface area contributed by atoms with E-state index in [9.17, 15) is 14.7 Å². The van der Waals surface area contributed by atoms with E-state index in [1.165, 1.54) is 6.92 Å². The molecule has 0 radical (unpaired) electrons. The number of hydrogen-bond acceptors (Lipinski definition) is 5. The summed E-state index contributed by atoms with van der Waals surface area (Å²) in [5.74, 6) is -1.27. The van der Waals surface area contributed by atoms with Crippen molar-refractivity contribution in [3.8, 4) is 0 Å². The average molecular weight is 306 g/mol. The molecule has 120 valence electrons. The van der Waals surface area contributed by atoms with Gasteiger partial charge in [0, 0.05) is 18.9 Å². The molecule has 0 saturated carbocycles. The molecule has 0 aromatic heterocycles. The predicted octanol–water partition coefficient (Wildman–Crippen LogP) is 2.06. The first-order valence-electron chi connectivity index (χ1n) is 7.37. The molecule has 2 aliphatic rings. The van der Waals surface area contributed by atoms with Gasteiger partial charge in [0.05, 0.1) is 12.0 Å². The van der Waals surface area contributed by atoms with E-state index < -0.39 is 36.2 Å². The van der Waals surface area contributed by atoms with E-state index in [0.29, 0.717) is 18.4 Å². The fraction of sp³-hybridized carbons (Fsp3) is 0.529. The number of aliphatic hydroxyl groups is 1. The molecule has 1 fully saturated rings. The first kappa shape index (κ1) is 16.5. The third kappa shape index (κ3) is 3.65. The van der Waals surface area contributed by atoms with Crippen molar-refractivity contribution in [2.75, 3.05) is 0 Å². The monoisotopic (exact) mass is 306 g/mol. The molecule has 0 amide bonds. The van der Waals surface area contributed by atoms with Gasteiger partial charge in [-0.1, -0.05) is 23.8 Å². The second kappa shape index (κ2) is 6.48. The van der Waals surface area contributed by atoms with Gasteiger partial charge in [0.15, 0.2) is 0 Å². The molecule has 0 aromatic carbocycles. The number of ether oxygens (including phenoxy) is 2. The van der Waals surface area contributed by atoms with Gasteiger partial charge in [0.25, 0.3) is 0 Å². The predicted molar refractivity (Wildman–Crippen MR) is 80.8 cm³/mol. The third-order valence-corrected chi connectivity index (χ3v) is 3.96. The summed E-state index contributed by atoms with van der Waals surface area (Å²) in [6, 6.07) is 0. The molecule has 2 rings (SSSR count). The molecular weight excluding hydrogens is 284 g/mol. The lowest BCUT2D eigenvalue weighted by molar-refractivity contribution is -0.149. The maximum atomic E-state index is 11.9. The molecule has 0 unspecified atom stereocenters. The molecule has 5 nitrogen and oxygen atoms in total. The smallest absolute Gasteiger partial charge is 0.334 e. The fourth-order valence-electron chi connectivity index (χ4n) is 3.09. The summed E-state index contributed by atoms with van der Waals surface area (Å²) in [4.78, 5) is 23.3. The quantitative estimate of drug-likeness (QED) is 0.456. The Morgan fingerprint density at radius 2 is 1.95 bits per heavy atom. The number of carbonyl (C=O) groups is 2. The van der Waals surface area contributed by atoms with Gasteiger partial charge in [-0.3, -0.25) is 4.79 Å². The summed E-state index contributed by atoms with van der Waals surface area (Å²) in [5.41, 5.74) is 2.14. The Morgan fingerprint density at radius 1 is 1.32 bits per heavy atom. The van der Waals surface area contributed by atoms with E-state index in [1.54, 1.807) is 6.08 Å². The molecule has 1 aliphatic heterocycles. The minimum atomic E-state index is -0.605. The molecular formula is C17H22O5. The summed E-state index contributed by atoms with van der Waals surface area (Å²) in [6.07, 6.45) is 2.83. The van der Waals surface area contributed by atoms with Crippen LogP contribution in [0.25, 0.3) is 0 Å². The minimum absolute atomic E-state index is 0.328. The molecule has 1 saturated heterocycles. The van der Waals surface area contributed by atoms with Crippen molar-refractivity contribution in [2.45, 2.75) is 51.9 Å². The normalized spacial score (nSPS) is 37.3. The topological polar surface area (TPSA) is 72.8 Å². The molecule has 0 spiro atoms. The summed E-state index contributed by atoms with van der Waals surface area (Å²) < 4.78 is 10.8. The van der Waals surface area contributed by atoms with Crippen LogP contribution in [0.2, 0.25) is 0 Å². The third-order valence-electron chi connectivity index (χ3n) is 3.96. The Morgan fingerprint density at radius 3 is 2.59 bits per heavy atom. The Kier molecular flexibility index (Phi) is 4.86. The van der Waals surface area contributed by atoms with E-state index in [4.69, 9.17) is 9.47 Å². The van der Waals surface area contributed by atoms with Crippen molar-refractivity contribution in [3.05, 3.63) is 35.5 Å². The first-order chi connectivity index (χ1) is 10.3. The number of esters is 2. The highest BCUT2D eigenvalue weighted by molar-refractivity contribution is 5.91. The molecule has 1 aliphatic carbocycles. The van der Waals surface area contributed by atoms with Gasteiger partial charge in [-0.05, 0) is 26.3 Å². The van der Waals surface area contributed by atoms with Crippen LogP contribution in [0.4, 0.5) is 0 Å². The van der Waals surface area contributed by atoms with Crippen LogP contribution in [0, 0.1) is 5.92 Å². The highest BCUT2D eigenvalue weighted by Gasteiger charge is 2.44. The van der Waals surface area contributed by atoms with Crippen molar-refractivity contribution in [1.82, 2.24) is 0 Å². The maximum Gasteiger partial charge on any atom is 0.334 e. The van der Waals surface area contributed by atoms with Crippen molar-refractivity contribution >= 4 is 11.9 Å². The van der Waals surface area contributed by atoms with Gasteiger partial charge in [0.1, 0.15) is 12.2 Å². The van der Waals surface area contributed by atoms with Gasteiger partial charge in [-0.2, -0.15) is 0 Å². The summed E-state index contributed by atoms with van der Waals surface area (Å²) in [7, 11) is 0. The second-order valence-electron chi connectivity index (χ2n) is 6.07. The summed E-state index contributed by atoms with van der Waals surface area (Å²) in [6.45, 7) is 8.89. The number of carbonyl (C=O) groups excluding carboxylic acids is 2. The first-order valence-corrected chi connectivity index (χ1v) is 7.37. The Balaban J connectivity index is 2.42. The molecule has 1 heterocycles. The van der Waals surface area contributed by atoms with Gasteiger partial charge in [0.2, 0.25) is 0 Å². The van der Waals surface area contributed by atoms with Crippen LogP contribution >= 0.6 is 0 Å². The van der Waals surface area contributed by atoms with Crippen LogP contribution in [0.5, 0.6) is 0 Å². The Labute approximate surface area is 130 Å². The van der Waals surface area contributed by atoms with E-state index in [1.807, 2.05) is 19.9 Å². The van der Waals surface area contributed by atoms with Crippen molar-refractivity contribution < 1.29 is 24.2 Å². The fourth-order valence-corrected chi connectivity index (χ4v) is 3.09. The SMILES string of the molecule is C=C1C(=O)O[C@@H]2/C=C(/C)C[C@H](O)/C=C(/C)C[C@@H](OC(C)=O)[C@@H]12. The highest BCUT2D eigenvalue weighted by atomic mass is 16.6. The van der Waals surface area contributed by atoms with E-state index in [2.05, 4.69) is 6.58 Å².